The molecule has 1 atom stereocenters. The minimum Gasteiger partial charge on any atom is -0.335 e. The summed E-state index contributed by atoms with van der Waals surface area (Å²) in [5.41, 5.74) is 1.46. The molecule has 2 amide bonds. The van der Waals surface area contributed by atoms with Crippen LogP contribution in [0.15, 0.2) is 40.9 Å². The van der Waals surface area contributed by atoms with Gasteiger partial charge in [-0.1, -0.05) is 24.2 Å². The summed E-state index contributed by atoms with van der Waals surface area (Å²) in [4.78, 5) is 18.5. The molecule has 25 heavy (non-hydrogen) atoms. The van der Waals surface area contributed by atoms with E-state index in [-0.39, 0.29) is 12.1 Å². The molecule has 0 aliphatic rings. The Bertz CT molecular complexity index is 871. The van der Waals surface area contributed by atoms with Crippen molar-refractivity contribution in [3.8, 4) is 22.2 Å². The monoisotopic (exact) mass is 356 g/mol. The Balaban J connectivity index is 1.75. The molecule has 0 saturated carbocycles. The van der Waals surface area contributed by atoms with Crippen LogP contribution in [-0.2, 0) is 0 Å². The minimum atomic E-state index is -0.227. The summed E-state index contributed by atoms with van der Waals surface area (Å²) in [7, 11) is 0. The number of rotatable bonds is 5. The van der Waals surface area contributed by atoms with Crippen molar-refractivity contribution >= 4 is 23.1 Å². The highest BCUT2D eigenvalue weighted by molar-refractivity contribution is 7.15. The highest BCUT2D eigenvalue weighted by atomic mass is 32.1. The van der Waals surface area contributed by atoms with Crippen LogP contribution >= 0.6 is 11.3 Å². The van der Waals surface area contributed by atoms with Gasteiger partial charge in [-0.15, -0.1) is 11.3 Å². The summed E-state index contributed by atoms with van der Waals surface area (Å²) in [5.74, 6) is 0.994. The van der Waals surface area contributed by atoms with E-state index < -0.39 is 0 Å². The summed E-state index contributed by atoms with van der Waals surface area (Å²) in [6.07, 6.45) is 0.876. The minimum absolute atomic E-state index is 0.122. The van der Waals surface area contributed by atoms with Gasteiger partial charge < -0.3 is 15.2 Å². The Morgan fingerprint density at radius 1 is 1.32 bits per heavy atom. The number of carbonyl (C=O) groups is 1. The van der Waals surface area contributed by atoms with E-state index in [1.54, 1.807) is 11.3 Å². The highest BCUT2D eigenvalue weighted by Gasteiger charge is 2.13. The fourth-order valence-corrected chi connectivity index (χ4v) is 3.01. The van der Waals surface area contributed by atoms with Gasteiger partial charge in [-0.3, -0.25) is 0 Å². The van der Waals surface area contributed by atoms with E-state index in [1.165, 1.54) is 4.88 Å². The number of amides is 2. The zero-order chi connectivity index (χ0) is 17.8. The Labute approximate surface area is 150 Å². The predicted molar refractivity (Wildman–Crippen MR) is 99.7 cm³/mol. The second-order valence-electron chi connectivity index (χ2n) is 5.82. The van der Waals surface area contributed by atoms with E-state index in [0.29, 0.717) is 17.4 Å². The van der Waals surface area contributed by atoms with Crippen LogP contribution in [0.3, 0.4) is 0 Å². The van der Waals surface area contributed by atoms with Gasteiger partial charge in [0.05, 0.1) is 4.88 Å². The topological polar surface area (TPSA) is 80.0 Å². The van der Waals surface area contributed by atoms with Crippen molar-refractivity contribution in [3.05, 3.63) is 41.3 Å². The summed E-state index contributed by atoms with van der Waals surface area (Å²) in [6, 6.07) is 11.3. The molecule has 2 aromatic heterocycles. The Hall–Kier alpha value is -2.67. The summed E-state index contributed by atoms with van der Waals surface area (Å²) >= 11 is 1.61. The molecule has 130 valence electrons. The summed E-state index contributed by atoms with van der Waals surface area (Å²) in [6.45, 7) is 6.02. The molecule has 2 heterocycles. The van der Waals surface area contributed by atoms with Gasteiger partial charge in [0.15, 0.2) is 0 Å². The lowest BCUT2D eigenvalue weighted by Gasteiger charge is -2.12. The Morgan fingerprint density at radius 3 is 2.88 bits per heavy atom. The number of aromatic nitrogens is 2. The lowest BCUT2D eigenvalue weighted by atomic mass is 10.2. The zero-order valence-corrected chi connectivity index (χ0v) is 15.2. The van der Waals surface area contributed by atoms with E-state index in [4.69, 9.17) is 4.52 Å². The first-order valence-electron chi connectivity index (χ1n) is 8.13. The largest absolute Gasteiger partial charge is 0.335 e. The molecule has 0 aliphatic carbocycles. The van der Waals surface area contributed by atoms with Crippen molar-refractivity contribution in [1.29, 1.82) is 0 Å². The van der Waals surface area contributed by atoms with Crippen LogP contribution in [0.1, 0.15) is 25.1 Å². The second-order valence-corrected chi connectivity index (χ2v) is 7.11. The summed E-state index contributed by atoms with van der Waals surface area (Å²) < 4.78 is 5.36. The Kier molecular flexibility index (Phi) is 5.14. The number of aryl methyl sites for hydroxylation is 1. The van der Waals surface area contributed by atoms with E-state index in [1.807, 2.05) is 57.2 Å². The SMILES string of the molecule is CC[C@H](C)NC(=O)Nc1cccc(-c2noc(-c3ccc(C)s3)n2)c1. The van der Waals surface area contributed by atoms with Crippen molar-refractivity contribution in [3.63, 3.8) is 0 Å². The van der Waals surface area contributed by atoms with Crippen molar-refractivity contribution in [1.82, 2.24) is 15.5 Å². The van der Waals surface area contributed by atoms with Crippen molar-refractivity contribution in [2.75, 3.05) is 5.32 Å². The van der Waals surface area contributed by atoms with Gasteiger partial charge in [0.25, 0.3) is 5.89 Å². The number of hydrogen-bond donors (Lipinski definition) is 2. The number of nitrogens with zero attached hydrogens (tertiary/aromatic N) is 2. The molecular formula is C18H20N4O2S. The molecule has 0 fully saturated rings. The van der Waals surface area contributed by atoms with Gasteiger partial charge in [-0.25, -0.2) is 4.79 Å². The second kappa shape index (κ2) is 7.48. The van der Waals surface area contributed by atoms with Gasteiger partial charge in [0.1, 0.15) is 0 Å². The molecule has 6 nitrogen and oxygen atoms in total. The average Bonchev–Trinajstić information content (AvgIpc) is 3.23. The number of hydrogen-bond acceptors (Lipinski definition) is 5. The molecule has 1 aromatic carbocycles. The maximum atomic E-state index is 12.0. The lowest BCUT2D eigenvalue weighted by molar-refractivity contribution is 0.249. The fraction of sp³-hybridized carbons (Fsp3) is 0.278. The third kappa shape index (κ3) is 4.24. The van der Waals surface area contributed by atoms with E-state index >= 15 is 0 Å². The molecule has 7 heteroatoms. The van der Waals surface area contributed by atoms with Gasteiger partial charge in [-0.05, 0) is 44.5 Å². The number of carbonyl (C=O) groups excluding carboxylic acids is 1. The van der Waals surface area contributed by atoms with Crippen LogP contribution in [0.5, 0.6) is 0 Å². The molecule has 0 bridgehead atoms. The van der Waals surface area contributed by atoms with Crippen molar-refractivity contribution in [2.24, 2.45) is 0 Å². The van der Waals surface area contributed by atoms with E-state index in [0.717, 1.165) is 16.9 Å². The third-order valence-electron chi connectivity index (χ3n) is 3.75. The molecule has 0 unspecified atom stereocenters. The van der Waals surface area contributed by atoms with Crippen LogP contribution < -0.4 is 10.6 Å². The maximum absolute atomic E-state index is 12.0. The van der Waals surface area contributed by atoms with Crippen LogP contribution in [0, 0.1) is 6.92 Å². The lowest BCUT2D eigenvalue weighted by Crippen LogP contribution is -2.35. The van der Waals surface area contributed by atoms with Crippen molar-refractivity contribution < 1.29 is 9.32 Å². The van der Waals surface area contributed by atoms with E-state index in [9.17, 15) is 4.79 Å². The van der Waals surface area contributed by atoms with Gasteiger partial charge in [-0.2, -0.15) is 4.98 Å². The fourth-order valence-electron chi connectivity index (χ4n) is 2.22. The Morgan fingerprint density at radius 2 is 2.16 bits per heavy atom. The molecule has 0 radical (unpaired) electrons. The third-order valence-corrected chi connectivity index (χ3v) is 4.73. The number of anilines is 1. The van der Waals surface area contributed by atoms with Gasteiger partial charge in [0.2, 0.25) is 5.82 Å². The zero-order valence-electron chi connectivity index (χ0n) is 14.4. The standard InChI is InChI=1S/C18H20N4O2S/c1-4-11(2)19-18(23)20-14-7-5-6-13(10-14)16-21-17(24-22-16)15-9-8-12(3)25-15/h5-11H,4H2,1-3H3,(H2,19,20,23)/t11-/m0/s1. The number of urea groups is 1. The predicted octanol–water partition coefficient (Wildman–Crippen LogP) is 4.69. The highest BCUT2D eigenvalue weighted by Crippen LogP contribution is 2.28. The quantitative estimate of drug-likeness (QED) is 0.695. The first kappa shape index (κ1) is 17.2. The number of nitrogens with one attached hydrogen (secondary N) is 2. The maximum Gasteiger partial charge on any atom is 0.319 e. The number of benzene rings is 1. The molecule has 0 saturated heterocycles. The van der Waals surface area contributed by atoms with E-state index in [2.05, 4.69) is 20.8 Å². The molecule has 3 rings (SSSR count). The molecule has 2 N–H and O–H groups in total. The molecule has 3 aromatic rings. The van der Waals surface area contributed by atoms with Crippen LogP contribution in [0.4, 0.5) is 10.5 Å². The van der Waals surface area contributed by atoms with Gasteiger partial charge in [0, 0.05) is 22.2 Å². The van der Waals surface area contributed by atoms with Crippen LogP contribution in [-0.4, -0.2) is 22.2 Å². The normalized spacial score (nSPS) is 12.0. The van der Waals surface area contributed by atoms with Gasteiger partial charge >= 0.3 is 6.03 Å². The number of thiophene rings is 1. The first-order chi connectivity index (χ1) is 12.0. The summed E-state index contributed by atoms with van der Waals surface area (Å²) in [5, 5.41) is 9.74. The van der Waals surface area contributed by atoms with Crippen LogP contribution in [0.2, 0.25) is 0 Å². The smallest absolute Gasteiger partial charge is 0.319 e. The molecule has 0 aliphatic heterocycles. The first-order valence-corrected chi connectivity index (χ1v) is 8.95. The average molecular weight is 356 g/mol. The molecule has 0 spiro atoms. The van der Waals surface area contributed by atoms with Crippen LogP contribution in [0.25, 0.3) is 22.2 Å². The van der Waals surface area contributed by atoms with Crippen molar-refractivity contribution in [2.45, 2.75) is 33.2 Å². The molecular weight excluding hydrogens is 336 g/mol.